The molecule has 1 aromatic carbocycles. The van der Waals surface area contributed by atoms with Crippen molar-refractivity contribution >= 4 is 17.7 Å². The van der Waals surface area contributed by atoms with Crippen LogP contribution in [0.4, 0.5) is 0 Å². The van der Waals surface area contributed by atoms with Crippen molar-refractivity contribution in [2.75, 3.05) is 12.3 Å². The van der Waals surface area contributed by atoms with Crippen LogP contribution in [0.2, 0.25) is 0 Å². The van der Waals surface area contributed by atoms with Crippen LogP contribution in [0.1, 0.15) is 35.2 Å². The van der Waals surface area contributed by atoms with Crippen molar-refractivity contribution < 1.29 is 9.90 Å². The minimum Gasteiger partial charge on any atom is -0.508 e. The fourth-order valence-electron chi connectivity index (χ4n) is 2.07. The molecule has 1 aliphatic rings. The summed E-state index contributed by atoms with van der Waals surface area (Å²) in [4.78, 5) is 11.9. The van der Waals surface area contributed by atoms with Crippen molar-refractivity contribution in [3.63, 3.8) is 0 Å². The van der Waals surface area contributed by atoms with Crippen LogP contribution in [0.5, 0.6) is 5.75 Å². The molecule has 1 saturated heterocycles. The van der Waals surface area contributed by atoms with E-state index in [0.717, 1.165) is 12.1 Å². The van der Waals surface area contributed by atoms with E-state index in [2.05, 4.69) is 5.32 Å². The predicted octanol–water partition coefficient (Wildman–Crippen LogP) is 2.72. The van der Waals surface area contributed by atoms with Crippen LogP contribution in [-0.2, 0) is 0 Å². The number of hydrogen-bond donors (Lipinski definition) is 2. The van der Waals surface area contributed by atoms with Crippen LogP contribution in [0.15, 0.2) is 18.2 Å². The molecule has 0 aromatic heterocycles. The van der Waals surface area contributed by atoms with E-state index < -0.39 is 0 Å². The third-order valence-corrected chi connectivity index (χ3v) is 4.62. The number of benzene rings is 1. The number of hydrogen-bond acceptors (Lipinski definition) is 3. The Balaban J connectivity index is 1.88. The number of carbonyl (C=O) groups is 1. The molecule has 2 rings (SSSR count). The van der Waals surface area contributed by atoms with Crippen molar-refractivity contribution in [3.8, 4) is 5.75 Å². The van der Waals surface area contributed by atoms with E-state index in [1.54, 1.807) is 25.1 Å². The molecule has 1 aliphatic heterocycles. The molecule has 0 spiro atoms. The maximum absolute atomic E-state index is 11.9. The van der Waals surface area contributed by atoms with Gasteiger partial charge in [-0.2, -0.15) is 11.8 Å². The molecule has 0 saturated carbocycles. The van der Waals surface area contributed by atoms with Crippen molar-refractivity contribution in [1.82, 2.24) is 5.32 Å². The lowest BCUT2D eigenvalue weighted by molar-refractivity contribution is 0.0953. The second-order valence-electron chi connectivity index (χ2n) is 4.70. The lowest BCUT2D eigenvalue weighted by atomic mass is 10.1. The van der Waals surface area contributed by atoms with E-state index in [1.165, 1.54) is 25.0 Å². The standard InChI is InChI=1S/C14H19NO2S/c1-10-8-11(5-6-13(10)16)14(17)15-9-12-4-2-3-7-18-12/h5-6,8,12,16H,2-4,7,9H2,1H3,(H,15,17). The molecule has 1 amide bonds. The molecule has 18 heavy (non-hydrogen) atoms. The smallest absolute Gasteiger partial charge is 0.251 e. The zero-order valence-electron chi connectivity index (χ0n) is 10.6. The number of phenolic OH excluding ortho intramolecular Hbond substituents is 1. The van der Waals surface area contributed by atoms with E-state index >= 15 is 0 Å². The third-order valence-electron chi connectivity index (χ3n) is 3.22. The van der Waals surface area contributed by atoms with Crippen molar-refractivity contribution in [2.45, 2.75) is 31.4 Å². The summed E-state index contributed by atoms with van der Waals surface area (Å²) in [5.41, 5.74) is 1.35. The number of aromatic hydroxyl groups is 1. The van der Waals surface area contributed by atoms with Gasteiger partial charge in [-0.05, 0) is 49.3 Å². The first-order valence-electron chi connectivity index (χ1n) is 6.36. The molecular formula is C14H19NO2S. The third kappa shape index (κ3) is 3.42. The molecule has 98 valence electrons. The molecule has 2 N–H and O–H groups in total. The lowest BCUT2D eigenvalue weighted by Crippen LogP contribution is -2.31. The Morgan fingerprint density at radius 2 is 2.33 bits per heavy atom. The van der Waals surface area contributed by atoms with Gasteiger partial charge >= 0.3 is 0 Å². The number of rotatable bonds is 3. The van der Waals surface area contributed by atoms with E-state index in [0.29, 0.717) is 10.8 Å². The van der Waals surface area contributed by atoms with Gasteiger partial charge in [-0.25, -0.2) is 0 Å². The van der Waals surface area contributed by atoms with Gasteiger partial charge in [-0.1, -0.05) is 6.42 Å². The van der Waals surface area contributed by atoms with Crippen molar-refractivity contribution in [3.05, 3.63) is 29.3 Å². The second-order valence-corrected chi connectivity index (χ2v) is 6.11. The van der Waals surface area contributed by atoms with E-state index in [4.69, 9.17) is 0 Å². The minimum absolute atomic E-state index is 0.0516. The summed E-state index contributed by atoms with van der Waals surface area (Å²) in [5.74, 6) is 1.39. The Labute approximate surface area is 112 Å². The van der Waals surface area contributed by atoms with Crippen LogP contribution >= 0.6 is 11.8 Å². The molecule has 1 heterocycles. The van der Waals surface area contributed by atoms with Crippen LogP contribution in [0, 0.1) is 6.92 Å². The normalized spacial score (nSPS) is 19.5. The average molecular weight is 265 g/mol. The Hall–Kier alpha value is -1.16. The average Bonchev–Trinajstić information content (AvgIpc) is 2.40. The summed E-state index contributed by atoms with van der Waals surface area (Å²) in [6.07, 6.45) is 3.76. The number of thioether (sulfide) groups is 1. The van der Waals surface area contributed by atoms with Gasteiger partial charge in [0.2, 0.25) is 0 Å². The summed E-state index contributed by atoms with van der Waals surface area (Å²) in [7, 11) is 0. The zero-order chi connectivity index (χ0) is 13.0. The van der Waals surface area contributed by atoms with E-state index in [-0.39, 0.29) is 11.7 Å². The fourth-order valence-corrected chi connectivity index (χ4v) is 3.31. The highest BCUT2D eigenvalue weighted by Crippen LogP contribution is 2.24. The van der Waals surface area contributed by atoms with Gasteiger partial charge in [-0.3, -0.25) is 4.79 Å². The van der Waals surface area contributed by atoms with Gasteiger partial charge in [-0.15, -0.1) is 0 Å². The van der Waals surface area contributed by atoms with Crippen molar-refractivity contribution in [1.29, 1.82) is 0 Å². The number of aryl methyl sites for hydroxylation is 1. The van der Waals surface area contributed by atoms with Gasteiger partial charge in [0.15, 0.2) is 0 Å². The largest absolute Gasteiger partial charge is 0.508 e. The van der Waals surface area contributed by atoms with Gasteiger partial charge in [0, 0.05) is 17.4 Å². The molecule has 4 heteroatoms. The Bertz CT molecular complexity index is 428. The quantitative estimate of drug-likeness (QED) is 0.883. The topological polar surface area (TPSA) is 49.3 Å². The number of nitrogens with one attached hydrogen (secondary N) is 1. The molecule has 1 unspecified atom stereocenters. The lowest BCUT2D eigenvalue weighted by Gasteiger charge is -2.21. The summed E-state index contributed by atoms with van der Waals surface area (Å²) in [5, 5.41) is 13.0. The number of amides is 1. The van der Waals surface area contributed by atoms with Gasteiger partial charge in [0.1, 0.15) is 5.75 Å². The highest BCUT2D eigenvalue weighted by molar-refractivity contribution is 7.99. The first-order valence-corrected chi connectivity index (χ1v) is 7.41. The second kappa shape index (κ2) is 6.14. The van der Waals surface area contributed by atoms with E-state index in [1.807, 2.05) is 11.8 Å². The maximum Gasteiger partial charge on any atom is 0.251 e. The maximum atomic E-state index is 11.9. The fraction of sp³-hybridized carbons (Fsp3) is 0.500. The molecule has 1 atom stereocenters. The monoisotopic (exact) mass is 265 g/mol. The summed E-state index contributed by atoms with van der Waals surface area (Å²) >= 11 is 1.95. The molecule has 0 bridgehead atoms. The van der Waals surface area contributed by atoms with Crippen LogP contribution in [0.3, 0.4) is 0 Å². The van der Waals surface area contributed by atoms with Crippen molar-refractivity contribution in [2.24, 2.45) is 0 Å². The highest BCUT2D eigenvalue weighted by Gasteiger charge is 2.15. The number of carbonyl (C=O) groups excluding carboxylic acids is 1. The van der Waals surface area contributed by atoms with Crippen LogP contribution in [0.25, 0.3) is 0 Å². The van der Waals surface area contributed by atoms with Gasteiger partial charge in [0.05, 0.1) is 0 Å². The molecular weight excluding hydrogens is 246 g/mol. The van der Waals surface area contributed by atoms with Crippen LogP contribution in [-0.4, -0.2) is 28.6 Å². The molecule has 3 nitrogen and oxygen atoms in total. The first kappa shape index (κ1) is 13.3. The summed E-state index contributed by atoms with van der Waals surface area (Å²) in [6, 6.07) is 4.95. The SMILES string of the molecule is Cc1cc(C(=O)NCC2CCCCS2)ccc1O. The van der Waals surface area contributed by atoms with Gasteiger partial charge < -0.3 is 10.4 Å². The Morgan fingerprint density at radius 3 is 3.00 bits per heavy atom. The number of phenols is 1. The molecule has 0 aliphatic carbocycles. The zero-order valence-corrected chi connectivity index (χ0v) is 11.4. The molecule has 0 radical (unpaired) electrons. The first-order chi connectivity index (χ1) is 8.66. The van der Waals surface area contributed by atoms with Crippen LogP contribution < -0.4 is 5.32 Å². The Morgan fingerprint density at radius 1 is 1.50 bits per heavy atom. The summed E-state index contributed by atoms with van der Waals surface area (Å²) in [6.45, 7) is 2.53. The molecule has 1 aromatic rings. The minimum atomic E-state index is -0.0516. The molecule has 1 fully saturated rings. The Kier molecular flexibility index (Phi) is 4.53. The van der Waals surface area contributed by atoms with E-state index in [9.17, 15) is 9.90 Å². The highest BCUT2D eigenvalue weighted by atomic mass is 32.2. The summed E-state index contributed by atoms with van der Waals surface area (Å²) < 4.78 is 0. The van der Waals surface area contributed by atoms with Gasteiger partial charge in [0.25, 0.3) is 5.91 Å². The predicted molar refractivity (Wildman–Crippen MR) is 75.3 cm³/mol.